The van der Waals surface area contributed by atoms with Crippen LogP contribution in [0.3, 0.4) is 0 Å². The molecule has 0 aromatic heterocycles. The van der Waals surface area contributed by atoms with Gasteiger partial charge >= 0.3 is 6.61 Å². The van der Waals surface area contributed by atoms with Crippen molar-refractivity contribution >= 4 is 5.91 Å². The van der Waals surface area contributed by atoms with E-state index in [1.807, 2.05) is 13.8 Å². The maximum absolute atomic E-state index is 12.5. The zero-order chi connectivity index (χ0) is 15.8. The number of alkyl halides is 2. The fourth-order valence-electron chi connectivity index (χ4n) is 2.26. The van der Waals surface area contributed by atoms with E-state index in [-0.39, 0.29) is 17.7 Å². The second-order valence-electron chi connectivity index (χ2n) is 4.66. The molecule has 0 saturated heterocycles. The van der Waals surface area contributed by atoms with Gasteiger partial charge in [0.15, 0.2) is 0 Å². The van der Waals surface area contributed by atoms with Crippen molar-refractivity contribution in [1.29, 1.82) is 0 Å². The average molecular weight is 300 g/mol. The lowest BCUT2D eigenvalue weighted by molar-refractivity contribution is -0.0498. The van der Waals surface area contributed by atoms with Crippen LogP contribution in [-0.4, -0.2) is 36.5 Å². The van der Waals surface area contributed by atoms with E-state index in [9.17, 15) is 13.6 Å². The highest BCUT2D eigenvalue weighted by Crippen LogP contribution is 2.18. The van der Waals surface area contributed by atoms with Crippen LogP contribution in [0.1, 0.15) is 37.0 Å². The van der Waals surface area contributed by atoms with Crippen LogP contribution in [0.15, 0.2) is 24.3 Å². The SMILES string of the molecule is CCC(CC)N(CCN)C(=O)c1ccc(OC(F)F)cc1. The van der Waals surface area contributed by atoms with E-state index in [4.69, 9.17) is 5.73 Å². The number of halogens is 2. The Bertz CT molecular complexity index is 434. The minimum Gasteiger partial charge on any atom is -0.435 e. The molecule has 0 unspecified atom stereocenters. The summed E-state index contributed by atoms with van der Waals surface area (Å²) in [5, 5.41) is 0. The van der Waals surface area contributed by atoms with E-state index in [0.717, 1.165) is 12.8 Å². The van der Waals surface area contributed by atoms with Gasteiger partial charge in [0, 0.05) is 24.7 Å². The van der Waals surface area contributed by atoms with Crippen LogP contribution in [0.5, 0.6) is 5.75 Å². The molecule has 118 valence electrons. The Morgan fingerprint density at radius 3 is 2.24 bits per heavy atom. The lowest BCUT2D eigenvalue weighted by Gasteiger charge is -2.30. The van der Waals surface area contributed by atoms with Crippen molar-refractivity contribution in [3.05, 3.63) is 29.8 Å². The molecule has 0 saturated carbocycles. The summed E-state index contributed by atoms with van der Waals surface area (Å²) in [6.45, 7) is 2.02. The maximum atomic E-state index is 12.5. The minimum absolute atomic E-state index is 0.0365. The Hall–Kier alpha value is -1.69. The molecule has 2 N–H and O–H groups in total. The molecule has 1 rings (SSSR count). The molecule has 0 heterocycles. The molecule has 21 heavy (non-hydrogen) atoms. The van der Waals surface area contributed by atoms with Crippen molar-refractivity contribution in [3.8, 4) is 5.75 Å². The molecule has 0 fully saturated rings. The highest BCUT2D eigenvalue weighted by atomic mass is 19.3. The topological polar surface area (TPSA) is 55.6 Å². The van der Waals surface area contributed by atoms with Gasteiger partial charge in [0.2, 0.25) is 0 Å². The Morgan fingerprint density at radius 1 is 1.24 bits per heavy atom. The van der Waals surface area contributed by atoms with Crippen molar-refractivity contribution < 1.29 is 18.3 Å². The number of benzene rings is 1. The summed E-state index contributed by atoms with van der Waals surface area (Å²) in [6, 6.07) is 5.84. The van der Waals surface area contributed by atoms with Gasteiger partial charge in [-0.25, -0.2) is 0 Å². The predicted octanol–water partition coefficient (Wildman–Crippen LogP) is 2.88. The number of ether oxygens (including phenoxy) is 1. The molecule has 0 spiro atoms. The molecule has 0 aliphatic heterocycles. The normalized spacial score (nSPS) is 11.0. The first-order chi connectivity index (χ1) is 10.0. The molecule has 0 aliphatic rings. The molecule has 1 aromatic rings. The molecular formula is C15H22F2N2O2. The number of rotatable bonds is 8. The summed E-state index contributed by atoms with van der Waals surface area (Å²) in [6.07, 6.45) is 1.68. The van der Waals surface area contributed by atoms with Crippen LogP contribution in [0.4, 0.5) is 8.78 Å². The second-order valence-corrected chi connectivity index (χ2v) is 4.66. The molecule has 0 aliphatic carbocycles. The summed E-state index contributed by atoms with van der Waals surface area (Å²) in [4.78, 5) is 14.2. The van der Waals surface area contributed by atoms with Crippen molar-refractivity contribution in [3.63, 3.8) is 0 Å². The highest BCUT2D eigenvalue weighted by Gasteiger charge is 2.21. The van der Waals surface area contributed by atoms with E-state index >= 15 is 0 Å². The first-order valence-electron chi connectivity index (χ1n) is 7.09. The lowest BCUT2D eigenvalue weighted by Crippen LogP contribution is -2.42. The van der Waals surface area contributed by atoms with Gasteiger partial charge in [0.05, 0.1) is 0 Å². The van der Waals surface area contributed by atoms with Crippen LogP contribution in [-0.2, 0) is 0 Å². The predicted molar refractivity (Wildman–Crippen MR) is 77.5 cm³/mol. The molecule has 1 aromatic carbocycles. The third kappa shape index (κ3) is 4.97. The average Bonchev–Trinajstić information content (AvgIpc) is 2.47. The number of carbonyl (C=O) groups excluding carboxylic acids is 1. The number of amides is 1. The molecule has 0 atom stereocenters. The lowest BCUT2D eigenvalue weighted by atomic mass is 10.1. The Labute approximate surface area is 123 Å². The van der Waals surface area contributed by atoms with Crippen molar-refractivity contribution in [1.82, 2.24) is 4.90 Å². The molecule has 1 amide bonds. The first-order valence-corrected chi connectivity index (χ1v) is 7.09. The summed E-state index contributed by atoms with van der Waals surface area (Å²) in [5.74, 6) is -0.104. The van der Waals surface area contributed by atoms with E-state index in [2.05, 4.69) is 4.74 Å². The smallest absolute Gasteiger partial charge is 0.387 e. The third-order valence-corrected chi connectivity index (χ3v) is 3.34. The number of hydrogen-bond acceptors (Lipinski definition) is 3. The van der Waals surface area contributed by atoms with E-state index in [1.165, 1.54) is 24.3 Å². The van der Waals surface area contributed by atoms with Crippen LogP contribution in [0.25, 0.3) is 0 Å². The van der Waals surface area contributed by atoms with Gasteiger partial charge in [-0.3, -0.25) is 4.79 Å². The summed E-state index contributed by atoms with van der Waals surface area (Å²) in [7, 11) is 0. The summed E-state index contributed by atoms with van der Waals surface area (Å²) >= 11 is 0. The van der Waals surface area contributed by atoms with Crippen LogP contribution in [0, 0.1) is 0 Å². The first kappa shape index (κ1) is 17.4. The summed E-state index contributed by atoms with van der Waals surface area (Å²) < 4.78 is 28.5. The Balaban J connectivity index is 2.88. The molecule has 6 heteroatoms. The van der Waals surface area contributed by atoms with Crippen molar-refractivity contribution in [2.24, 2.45) is 5.73 Å². The largest absolute Gasteiger partial charge is 0.435 e. The number of hydrogen-bond donors (Lipinski definition) is 1. The number of carbonyl (C=O) groups is 1. The maximum Gasteiger partial charge on any atom is 0.387 e. The van der Waals surface area contributed by atoms with Crippen molar-refractivity contribution in [2.45, 2.75) is 39.3 Å². The third-order valence-electron chi connectivity index (χ3n) is 3.34. The van der Waals surface area contributed by atoms with Crippen LogP contribution in [0.2, 0.25) is 0 Å². The molecule has 0 radical (unpaired) electrons. The standard InChI is InChI=1S/C15H22F2N2O2/c1-3-12(4-2)19(10-9-18)14(20)11-5-7-13(8-6-11)21-15(16)17/h5-8,12,15H,3-4,9-10,18H2,1-2H3. The second kappa shape index (κ2) is 8.56. The van der Waals surface area contributed by atoms with E-state index in [1.54, 1.807) is 4.90 Å². The fraction of sp³-hybridized carbons (Fsp3) is 0.533. The molecule has 0 bridgehead atoms. The fourth-order valence-corrected chi connectivity index (χ4v) is 2.26. The molecular weight excluding hydrogens is 278 g/mol. The van der Waals surface area contributed by atoms with Gasteiger partial charge in [-0.2, -0.15) is 8.78 Å². The summed E-state index contributed by atoms with van der Waals surface area (Å²) in [5.41, 5.74) is 6.02. The molecule has 4 nitrogen and oxygen atoms in total. The van der Waals surface area contributed by atoms with Gasteiger partial charge < -0.3 is 15.4 Å². The number of nitrogens with zero attached hydrogens (tertiary/aromatic N) is 1. The van der Waals surface area contributed by atoms with E-state index < -0.39 is 6.61 Å². The van der Waals surface area contributed by atoms with Gasteiger partial charge in [-0.15, -0.1) is 0 Å². The van der Waals surface area contributed by atoms with Crippen molar-refractivity contribution in [2.75, 3.05) is 13.1 Å². The van der Waals surface area contributed by atoms with Gasteiger partial charge in [-0.1, -0.05) is 13.8 Å². The van der Waals surface area contributed by atoms with Crippen LogP contribution < -0.4 is 10.5 Å². The zero-order valence-electron chi connectivity index (χ0n) is 12.4. The number of nitrogens with two attached hydrogens (primary N) is 1. The van der Waals surface area contributed by atoms with Gasteiger partial charge in [0.1, 0.15) is 5.75 Å². The highest BCUT2D eigenvalue weighted by molar-refractivity contribution is 5.94. The zero-order valence-corrected chi connectivity index (χ0v) is 12.4. The van der Waals surface area contributed by atoms with Gasteiger partial charge in [-0.05, 0) is 37.1 Å². The Kier molecular flexibility index (Phi) is 7.08. The monoisotopic (exact) mass is 300 g/mol. The quantitative estimate of drug-likeness (QED) is 0.803. The van der Waals surface area contributed by atoms with Gasteiger partial charge in [0.25, 0.3) is 5.91 Å². The van der Waals surface area contributed by atoms with E-state index in [0.29, 0.717) is 18.7 Å². The Morgan fingerprint density at radius 2 is 1.81 bits per heavy atom. The minimum atomic E-state index is -2.87. The van der Waals surface area contributed by atoms with Crippen LogP contribution >= 0.6 is 0 Å².